The van der Waals surface area contributed by atoms with Gasteiger partial charge < -0.3 is 16.4 Å². The van der Waals surface area contributed by atoms with Gasteiger partial charge in [0.2, 0.25) is 11.8 Å². The maximum absolute atomic E-state index is 12.2. The van der Waals surface area contributed by atoms with Crippen molar-refractivity contribution in [2.75, 3.05) is 11.9 Å². The molecular formula is C14H21N3O2. The molecule has 0 saturated heterocycles. The first-order valence-corrected chi connectivity index (χ1v) is 6.25. The van der Waals surface area contributed by atoms with Crippen LogP contribution < -0.4 is 16.4 Å². The van der Waals surface area contributed by atoms with Crippen molar-refractivity contribution in [3.05, 3.63) is 29.3 Å². The molecule has 4 N–H and O–H groups in total. The Kier molecular flexibility index (Phi) is 4.67. The predicted octanol–water partition coefficient (Wildman–Crippen LogP) is 1.42. The van der Waals surface area contributed by atoms with Crippen LogP contribution in [-0.4, -0.2) is 23.9 Å². The SMILES string of the molecule is CCNC(C)(C)C(=O)Nc1cccc(C(N)=O)c1C. The normalized spacial score (nSPS) is 11.2. The van der Waals surface area contributed by atoms with Gasteiger partial charge in [-0.05, 0) is 45.0 Å². The minimum Gasteiger partial charge on any atom is -0.366 e. The van der Waals surface area contributed by atoms with Crippen LogP contribution in [0.1, 0.15) is 36.7 Å². The van der Waals surface area contributed by atoms with E-state index < -0.39 is 11.4 Å². The second-order valence-electron chi connectivity index (χ2n) is 4.95. The van der Waals surface area contributed by atoms with Gasteiger partial charge in [-0.15, -0.1) is 0 Å². The monoisotopic (exact) mass is 263 g/mol. The zero-order valence-electron chi connectivity index (χ0n) is 11.8. The third-order valence-electron chi connectivity index (χ3n) is 3.03. The van der Waals surface area contributed by atoms with Crippen LogP contribution in [-0.2, 0) is 4.79 Å². The molecule has 0 aliphatic heterocycles. The summed E-state index contributed by atoms with van der Waals surface area (Å²) >= 11 is 0. The first-order valence-electron chi connectivity index (χ1n) is 6.25. The quantitative estimate of drug-likeness (QED) is 0.751. The minimum absolute atomic E-state index is 0.154. The maximum atomic E-state index is 12.2. The summed E-state index contributed by atoms with van der Waals surface area (Å²) in [6, 6.07) is 5.09. The van der Waals surface area contributed by atoms with Gasteiger partial charge in [0.05, 0.1) is 5.54 Å². The Morgan fingerprint density at radius 2 is 1.95 bits per heavy atom. The zero-order valence-corrected chi connectivity index (χ0v) is 11.8. The van der Waals surface area contributed by atoms with Crippen LogP contribution in [0.2, 0.25) is 0 Å². The molecule has 0 aromatic heterocycles. The van der Waals surface area contributed by atoms with Crippen LogP contribution in [0.15, 0.2) is 18.2 Å². The first-order chi connectivity index (χ1) is 8.79. The summed E-state index contributed by atoms with van der Waals surface area (Å²) in [6.07, 6.45) is 0. The molecule has 0 atom stereocenters. The maximum Gasteiger partial charge on any atom is 0.249 e. The Morgan fingerprint density at radius 1 is 1.32 bits per heavy atom. The lowest BCUT2D eigenvalue weighted by atomic mass is 10.0. The summed E-state index contributed by atoms with van der Waals surface area (Å²) in [4.78, 5) is 23.4. The second-order valence-corrected chi connectivity index (χ2v) is 4.95. The summed E-state index contributed by atoms with van der Waals surface area (Å²) in [5.41, 5.74) is 6.30. The predicted molar refractivity (Wildman–Crippen MR) is 76.1 cm³/mol. The number of likely N-dealkylation sites (N-methyl/N-ethyl adjacent to an activating group) is 1. The molecule has 0 heterocycles. The molecule has 0 radical (unpaired) electrons. The van der Waals surface area contributed by atoms with Crippen molar-refractivity contribution in [1.82, 2.24) is 5.32 Å². The van der Waals surface area contributed by atoms with Gasteiger partial charge in [-0.1, -0.05) is 13.0 Å². The molecule has 2 amide bonds. The fourth-order valence-electron chi connectivity index (χ4n) is 1.84. The van der Waals surface area contributed by atoms with E-state index in [1.807, 2.05) is 6.92 Å². The zero-order chi connectivity index (χ0) is 14.6. The number of nitrogens with one attached hydrogen (secondary N) is 2. The third-order valence-corrected chi connectivity index (χ3v) is 3.03. The molecule has 1 aromatic rings. The Hall–Kier alpha value is -1.88. The molecule has 5 heteroatoms. The van der Waals surface area contributed by atoms with E-state index in [9.17, 15) is 9.59 Å². The van der Waals surface area contributed by atoms with Crippen LogP contribution in [0.5, 0.6) is 0 Å². The third kappa shape index (κ3) is 3.54. The van der Waals surface area contributed by atoms with E-state index in [2.05, 4.69) is 10.6 Å². The van der Waals surface area contributed by atoms with Crippen LogP contribution in [0.25, 0.3) is 0 Å². The summed E-state index contributed by atoms with van der Waals surface area (Å²) in [5, 5.41) is 5.92. The van der Waals surface area contributed by atoms with Gasteiger partial charge in [-0.2, -0.15) is 0 Å². The van der Waals surface area contributed by atoms with Crippen LogP contribution in [0.4, 0.5) is 5.69 Å². The largest absolute Gasteiger partial charge is 0.366 e. The van der Waals surface area contributed by atoms with E-state index in [1.54, 1.807) is 39.0 Å². The number of carbonyl (C=O) groups excluding carboxylic acids is 2. The standard InChI is InChI=1S/C14H21N3O2/c1-5-16-14(3,4)13(19)17-11-8-6-7-10(9(11)2)12(15)18/h6-8,16H,5H2,1-4H3,(H2,15,18)(H,17,19). The molecule has 0 bridgehead atoms. The molecule has 0 saturated carbocycles. The molecule has 1 aromatic carbocycles. The minimum atomic E-state index is -0.677. The Bertz CT molecular complexity index is 495. The lowest BCUT2D eigenvalue weighted by Crippen LogP contribution is -2.49. The number of hydrogen-bond donors (Lipinski definition) is 3. The van der Waals surface area contributed by atoms with Crippen molar-refractivity contribution < 1.29 is 9.59 Å². The molecule has 0 unspecified atom stereocenters. The highest BCUT2D eigenvalue weighted by Gasteiger charge is 2.26. The highest BCUT2D eigenvalue weighted by Crippen LogP contribution is 2.19. The Balaban J connectivity index is 2.98. The molecule has 0 fully saturated rings. The van der Waals surface area contributed by atoms with Gasteiger partial charge in [0.1, 0.15) is 0 Å². The van der Waals surface area contributed by atoms with Gasteiger partial charge in [-0.3, -0.25) is 9.59 Å². The molecule has 1 rings (SSSR count). The fourth-order valence-corrected chi connectivity index (χ4v) is 1.84. The molecular weight excluding hydrogens is 242 g/mol. The fraction of sp³-hybridized carbons (Fsp3) is 0.429. The highest BCUT2D eigenvalue weighted by molar-refractivity contribution is 6.01. The van der Waals surface area contributed by atoms with Gasteiger partial charge in [0, 0.05) is 11.3 Å². The first kappa shape index (κ1) is 15.2. The van der Waals surface area contributed by atoms with Crippen molar-refractivity contribution in [2.45, 2.75) is 33.2 Å². The lowest BCUT2D eigenvalue weighted by Gasteiger charge is -2.25. The molecule has 0 aliphatic carbocycles. The number of anilines is 1. The lowest BCUT2D eigenvalue weighted by molar-refractivity contribution is -0.121. The summed E-state index contributed by atoms with van der Waals surface area (Å²) in [7, 11) is 0. The smallest absolute Gasteiger partial charge is 0.249 e. The number of benzene rings is 1. The van der Waals surface area contributed by atoms with Crippen molar-refractivity contribution in [1.29, 1.82) is 0 Å². The molecule has 5 nitrogen and oxygen atoms in total. The van der Waals surface area contributed by atoms with E-state index in [0.717, 1.165) is 0 Å². The molecule has 0 aliphatic rings. The number of carbonyl (C=O) groups is 2. The topological polar surface area (TPSA) is 84.2 Å². The summed E-state index contributed by atoms with van der Waals surface area (Å²) in [6.45, 7) is 8.00. The summed E-state index contributed by atoms with van der Waals surface area (Å²) in [5.74, 6) is -0.654. The average molecular weight is 263 g/mol. The van der Waals surface area contributed by atoms with Gasteiger partial charge in [0.15, 0.2) is 0 Å². The van der Waals surface area contributed by atoms with Crippen LogP contribution in [0, 0.1) is 6.92 Å². The van der Waals surface area contributed by atoms with E-state index in [4.69, 9.17) is 5.73 Å². The number of hydrogen-bond acceptors (Lipinski definition) is 3. The van der Waals surface area contributed by atoms with Crippen molar-refractivity contribution in [2.24, 2.45) is 5.73 Å². The van der Waals surface area contributed by atoms with Gasteiger partial charge in [-0.25, -0.2) is 0 Å². The Morgan fingerprint density at radius 3 is 2.47 bits per heavy atom. The van der Waals surface area contributed by atoms with Gasteiger partial charge >= 0.3 is 0 Å². The number of nitrogens with two attached hydrogens (primary N) is 1. The Labute approximate surface area is 113 Å². The number of rotatable bonds is 5. The second kappa shape index (κ2) is 5.84. The van der Waals surface area contributed by atoms with E-state index >= 15 is 0 Å². The van der Waals surface area contributed by atoms with Crippen LogP contribution >= 0.6 is 0 Å². The number of primary amides is 1. The van der Waals surface area contributed by atoms with Crippen molar-refractivity contribution in [3.8, 4) is 0 Å². The molecule has 104 valence electrons. The molecule has 0 spiro atoms. The van der Waals surface area contributed by atoms with Gasteiger partial charge in [0.25, 0.3) is 0 Å². The van der Waals surface area contributed by atoms with Crippen molar-refractivity contribution in [3.63, 3.8) is 0 Å². The van der Waals surface area contributed by atoms with Crippen molar-refractivity contribution >= 4 is 17.5 Å². The average Bonchev–Trinajstić information content (AvgIpc) is 2.31. The van der Waals surface area contributed by atoms with E-state index in [0.29, 0.717) is 23.4 Å². The van der Waals surface area contributed by atoms with Crippen LogP contribution in [0.3, 0.4) is 0 Å². The molecule has 19 heavy (non-hydrogen) atoms. The number of amides is 2. The highest BCUT2D eigenvalue weighted by atomic mass is 16.2. The van der Waals surface area contributed by atoms with E-state index in [-0.39, 0.29) is 5.91 Å². The van der Waals surface area contributed by atoms with E-state index in [1.165, 1.54) is 0 Å². The summed E-state index contributed by atoms with van der Waals surface area (Å²) < 4.78 is 0.